The first kappa shape index (κ1) is 16.6. The minimum atomic E-state index is -0.915. The zero-order chi connectivity index (χ0) is 15.7. The van der Waals surface area contributed by atoms with Crippen LogP contribution in [0.2, 0.25) is 0 Å². The van der Waals surface area contributed by atoms with Gasteiger partial charge in [0.25, 0.3) is 0 Å². The smallest absolute Gasteiger partial charge is 0.230 e. The SMILES string of the molecule is CN(Cc1ccc(F)c(F)c1)C(=O)C(C)(C)C(C)(C)N. The molecule has 0 spiro atoms. The summed E-state index contributed by atoms with van der Waals surface area (Å²) in [6, 6.07) is 3.61. The van der Waals surface area contributed by atoms with E-state index >= 15 is 0 Å². The fourth-order valence-electron chi connectivity index (χ4n) is 1.74. The lowest BCUT2D eigenvalue weighted by atomic mass is 9.74. The predicted octanol–water partition coefficient (Wildman–Crippen LogP) is 2.69. The second-order valence-electron chi connectivity index (χ2n) is 6.26. The topological polar surface area (TPSA) is 46.3 Å². The minimum absolute atomic E-state index is 0.144. The molecule has 0 unspecified atom stereocenters. The number of carbonyl (C=O) groups excluding carboxylic acids is 1. The van der Waals surface area contributed by atoms with Gasteiger partial charge in [0.15, 0.2) is 11.6 Å². The highest BCUT2D eigenvalue weighted by Crippen LogP contribution is 2.30. The van der Waals surface area contributed by atoms with Crippen LogP contribution in [0.1, 0.15) is 33.3 Å². The summed E-state index contributed by atoms with van der Waals surface area (Å²) in [6.07, 6.45) is 0. The summed E-state index contributed by atoms with van der Waals surface area (Å²) in [5, 5.41) is 0. The van der Waals surface area contributed by atoms with Crippen LogP contribution in [0.15, 0.2) is 18.2 Å². The number of hydrogen-bond acceptors (Lipinski definition) is 2. The van der Waals surface area contributed by atoms with E-state index in [2.05, 4.69) is 0 Å². The molecule has 0 saturated carbocycles. The molecule has 0 aliphatic heterocycles. The van der Waals surface area contributed by atoms with Crippen molar-refractivity contribution < 1.29 is 13.6 Å². The molecule has 0 aliphatic carbocycles. The lowest BCUT2D eigenvalue weighted by Crippen LogP contribution is -2.55. The Hall–Kier alpha value is -1.49. The number of benzene rings is 1. The standard InChI is InChI=1S/C15H22F2N2O/c1-14(2,15(3,4)18)13(20)19(5)9-10-6-7-11(16)12(17)8-10/h6-8H,9,18H2,1-5H3. The third-order valence-corrected chi connectivity index (χ3v) is 3.90. The molecule has 1 rings (SSSR count). The van der Waals surface area contributed by atoms with Crippen LogP contribution < -0.4 is 5.73 Å². The van der Waals surface area contributed by atoms with Gasteiger partial charge in [-0.3, -0.25) is 4.79 Å². The van der Waals surface area contributed by atoms with E-state index in [1.165, 1.54) is 11.0 Å². The normalized spacial score (nSPS) is 12.4. The molecule has 1 amide bonds. The third kappa shape index (κ3) is 3.33. The van der Waals surface area contributed by atoms with Crippen LogP contribution in [0.4, 0.5) is 8.78 Å². The average Bonchev–Trinajstić information content (AvgIpc) is 2.31. The highest BCUT2D eigenvalue weighted by molar-refractivity contribution is 5.83. The lowest BCUT2D eigenvalue weighted by molar-refractivity contribution is -0.142. The second kappa shape index (κ2) is 5.48. The Kier molecular flexibility index (Phi) is 4.54. The van der Waals surface area contributed by atoms with E-state index < -0.39 is 22.6 Å². The van der Waals surface area contributed by atoms with Crippen molar-refractivity contribution in [3.63, 3.8) is 0 Å². The zero-order valence-electron chi connectivity index (χ0n) is 12.6. The molecule has 1 aromatic carbocycles. The summed E-state index contributed by atoms with van der Waals surface area (Å²) >= 11 is 0. The van der Waals surface area contributed by atoms with Crippen LogP contribution in [-0.4, -0.2) is 23.4 Å². The molecular weight excluding hydrogens is 262 g/mol. The number of halogens is 2. The Morgan fingerprint density at radius 1 is 1.20 bits per heavy atom. The Balaban J connectivity index is 2.88. The summed E-state index contributed by atoms with van der Waals surface area (Å²) < 4.78 is 26.0. The first-order valence-electron chi connectivity index (χ1n) is 6.45. The van der Waals surface area contributed by atoms with Gasteiger partial charge in [-0.1, -0.05) is 6.07 Å². The van der Waals surface area contributed by atoms with E-state index in [1.807, 2.05) is 0 Å². The van der Waals surface area contributed by atoms with Gasteiger partial charge in [-0.15, -0.1) is 0 Å². The van der Waals surface area contributed by atoms with Gasteiger partial charge in [-0.05, 0) is 45.4 Å². The maximum absolute atomic E-state index is 13.2. The highest BCUT2D eigenvalue weighted by Gasteiger charge is 2.41. The molecule has 0 aliphatic rings. The Bertz CT molecular complexity index is 507. The van der Waals surface area contributed by atoms with Crippen molar-refractivity contribution in [2.75, 3.05) is 7.05 Å². The average molecular weight is 284 g/mol. The van der Waals surface area contributed by atoms with Gasteiger partial charge in [0.1, 0.15) is 0 Å². The molecule has 5 heteroatoms. The van der Waals surface area contributed by atoms with Crippen LogP contribution in [0.25, 0.3) is 0 Å². The van der Waals surface area contributed by atoms with Crippen molar-refractivity contribution in [2.45, 2.75) is 39.8 Å². The fourth-order valence-corrected chi connectivity index (χ4v) is 1.74. The second-order valence-corrected chi connectivity index (χ2v) is 6.26. The van der Waals surface area contributed by atoms with E-state index in [-0.39, 0.29) is 12.5 Å². The van der Waals surface area contributed by atoms with Crippen LogP contribution in [0.5, 0.6) is 0 Å². The van der Waals surface area contributed by atoms with Crippen molar-refractivity contribution in [1.82, 2.24) is 4.90 Å². The molecule has 0 aromatic heterocycles. The molecule has 0 bridgehead atoms. The molecule has 0 heterocycles. The van der Waals surface area contributed by atoms with Crippen molar-refractivity contribution in [3.05, 3.63) is 35.4 Å². The first-order chi connectivity index (χ1) is 8.96. The quantitative estimate of drug-likeness (QED) is 0.924. The molecule has 0 radical (unpaired) electrons. The highest BCUT2D eigenvalue weighted by atomic mass is 19.2. The Morgan fingerprint density at radius 3 is 2.20 bits per heavy atom. The van der Waals surface area contributed by atoms with Crippen molar-refractivity contribution >= 4 is 5.91 Å². The maximum Gasteiger partial charge on any atom is 0.230 e. The summed E-state index contributed by atoms with van der Waals surface area (Å²) in [6.45, 7) is 7.33. The maximum atomic E-state index is 13.2. The number of nitrogens with zero attached hydrogens (tertiary/aromatic N) is 1. The summed E-state index contributed by atoms with van der Waals surface area (Å²) in [4.78, 5) is 13.9. The molecule has 112 valence electrons. The Labute approximate surface area is 118 Å². The van der Waals surface area contributed by atoms with Gasteiger partial charge in [0.2, 0.25) is 5.91 Å². The van der Waals surface area contributed by atoms with Gasteiger partial charge in [0, 0.05) is 19.1 Å². The van der Waals surface area contributed by atoms with Gasteiger partial charge in [-0.2, -0.15) is 0 Å². The molecule has 3 nitrogen and oxygen atoms in total. The number of carbonyl (C=O) groups is 1. The lowest BCUT2D eigenvalue weighted by Gasteiger charge is -2.39. The van der Waals surface area contributed by atoms with E-state index in [1.54, 1.807) is 34.7 Å². The van der Waals surface area contributed by atoms with Gasteiger partial charge >= 0.3 is 0 Å². The van der Waals surface area contributed by atoms with Crippen LogP contribution in [0.3, 0.4) is 0 Å². The molecule has 0 atom stereocenters. The van der Waals surface area contributed by atoms with E-state index in [9.17, 15) is 13.6 Å². The van der Waals surface area contributed by atoms with Crippen LogP contribution >= 0.6 is 0 Å². The fraction of sp³-hybridized carbons (Fsp3) is 0.533. The Morgan fingerprint density at radius 2 is 1.75 bits per heavy atom. The number of rotatable bonds is 4. The molecule has 2 N–H and O–H groups in total. The molecule has 20 heavy (non-hydrogen) atoms. The number of amides is 1. The van der Waals surface area contributed by atoms with Gasteiger partial charge < -0.3 is 10.6 Å². The largest absolute Gasteiger partial charge is 0.341 e. The van der Waals surface area contributed by atoms with Gasteiger partial charge in [-0.25, -0.2) is 8.78 Å². The molecular formula is C15H22F2N2O. The molecule has 0 saturated heterocycles. The van der Waals surface area contributed by atoms with Crippen molar-refractivity contribution in [1.29, 1.82) is 0 Å². The number of nitrogens with two attached hydrogens (primary N) is 1. The molecule has 1 aromatic rings. The summed E-state index contributed by atoms with van der Waals surface area (Å²) in [7, 11) is 1.62. The summed E-state index contributed by atoms with van der Waals surface area (Å²) in [5.74, 6) is -1.96. The van der Waals surface area contributed by atoms with E-state index in [0.717, 1.165) is 12.1 Å². The monoisotopic (exact) mass is 284 g/mol. The third-order valence-electron chi connectivity index (χ3n) is 3.90. The number of hydrogen-bond donors (Lipinski definition) is 1. The predicted molar refractivity (Wildman–Crippen MR) is 74.9 cm³/mol. The minimum Gasteiger partial charge on any atom is -0.341 e. The van der Waals surface area contributed by atoms with Gasteiger partial charge in [0.05, 0.1) is 5.41 Å². The van der Waals surface area contributed by atoms with Crippen molar-refractivity contribution in [2.24, 2.45) is 11.1 Å². The van der Waals surface area contributed by atoms with E-state index in [0.29, 0.717) is 5.56 Å². The molecule has 0 fully saturated rings. The zero-order valence-corrected chi connectivity index (χ0v) is 12.6. The summed E-state index contributed by atoms with van der Waals surface area (Å²) in [5.41, 5.74) is 5.11. The van der Waals surface area contributed by atoms with E-state index in [4.69, 9.17) is 5.73 Å². The van der Waals surface area contributed by atoms with Crippen LogP contribution in [-0.2, 0) is 11.3 Å². The van der Waals surface area contributed by atoms with Crippen LogP contribution in [0, 0.1) is 17.0 Å². The first-order valence-corrected chi connectivity index (χ1v) is 6.45. The van der Waals surface area contributed by atoms with Crippen molar-refractivity contribution in [3.8, 4) is 0 Å².